The van der Waals surface area contributed by atoms with Crippen molar-refractivity contribution < 1.29 is 4.52 Å². The van der Waals surface area contributed by atoms with Crippen LogP contribution in [0.2, 0.25) is 0 Å². The van der Waals surface area contributed by atoms with Crippen molar-refractivity contribution in [1.82, 2.24) is 15.5 Å². The number of likely N-dealkylation sites (N-methyl/N-ethyl adjacent to an activating group) is 1. The second kappa shape index (κ2) is 6.91. The van der Waals surface area contributed by atoms with Gasteiger partial charge in [0, 0.05) is 6.04 Å². The molecule has 0 radical (unpaired) electrons. The maximum atomic E-state index is 5.28. The van der Waals surface area contributed by atoms with Crippen molar-refractivity contribution in [2.24, 2.45) is 0 Å². The molecule has 92 valence electrons. The van der Waals surface area contributed by atoms with Gasteiger partial charge in [0.2, 0.25) is 5.89 Å². The van der Waals surface area contributed by atoms with Crippen molar-refractivity contribution in [1.29, 1.82) is 0 Å². The Hall–Kier alpha value is -0.550. The van der Waals surface area contributed by atoms with Crippen molar-refractivity contribution in [3.8, 4) is 0 Å². The molecule has 2 atom stereocenters. The van der Waals surface area contributed by atoms with Gasteiger partial charge in [0.1, 0.15) is 0 Å². The zero-order chi connectivity index (χ0) is 12.0. The normalized spacial score (nSPS) is 15.0. The van der Waals surface area contributed by atoms with Crippen LogP contribution in [0, 0.1) is 0 Å². The fraction of sp³-hybridized carbons (Fsp3) is 0.818. The maximum absolute atomic E-state index is 5.28. The van der Waals surface area contributed by atoms with Crippen molar-refractivity contribution in [3.63, 3.8) is 0 Å². The van der Waals surface area contributed by atoms with E-state index in [9.17, 15) is 0 Å². The van der Waals surface area contributed by atoms with Crippen molar-refractivity contribution >= 4 is 11.8 Å². The van der Waals surface area contributed by atoms with Gasteiger partial charge in [0.25, 0.3) is 0 Å². The average molecular weight is 243 g/mol. The molecule has 4 nitrogen and oxygen atoms in total. The van der Waals surface area contributed by atoms with Crippen LogP contribution >= 0.6 is 11.8 Å². The summed E-state index contributed by atoms with van der Waals surface area (Å²) in [6.07, 6.45) is 0. The molecule has 0 aliphatic rings. The summed E-state index contributed by atoms with van der Waals surface area (Å²) in [4.78, 5) is 4.41. The third kappa shape index (κ3) is 3.79. The SMILES string of the molecule is CCNC(C)C(C)c1nc(CSCC)no1. The number of nitrogens with zero attached hydrogens (tertiary/aromatic N) is 2. The van der Waals surface area contributed by atoms with E-state index in [1.807, 2.05) is 0 Å². The first kappa shape index (κ1) is 13.5. The average Bonchev–Trinajstić information content (AvgIpc) is 2.74. The van der Waals surface area contributed by atoms with Gasteiger partial charge in [0.05, 0.1) is 11.7 Å². The van der Waals surface area contributed by atoms with Crippen LogP contribution in [0.1, 0.15) is 45.3 Å². The Bertz CT molecular complexity index is 303. The monoisotopic (exact) mass is 243 g/mol. The van der Waals surface area contributed by atoms with E-state index in [1.165, 1.54) is 0 Å². The molecule has 0 fully saturated rings. The van der Waals surface area contributed by atoms with Gasteiger partial charge in [-0.05, 0) is 19.2 Å². The smallest absolute Gasteiger partial charge is 0.231 e. The molecule has 16 heavy (non-hydrogen) atoms. The summed E-state index contributed by atoms with van der Waals surface area (Å²) in [7, 11) is 0. The fourth-order valence-corrected chi connectivity index (χ4v) is 1.92. The Morgan fingerprint density at radius 2 is 2.12 bits per heavy atom. The first-order valence-corrected chi connectivity index (χ1v) is 6.98. The van der Waals surface area contributed by atoms with Gasteiger partial charge in [-0.2, -0.15) is 16.7 Å². The number of thioether (sulfide) groups is 1. The van der Waals surface area contributed by atoms with E-state index in [0.717, 1.165) is 29.8 Å². The lowest BCUT2D eigenvalue weighted by molar-refractivity contribution is 0.330. The highest BCUT2D eigenvalue weighted by molar-refractivity contribution is 7.98. The lowest BCUT2D eigenvalue weighted by Gasteiger charge is -2.16. The highest BCUT2D eigenvalue weighted by Gasteiger charge is 2.19. The van der Waals surface area contributed by atoms with Gasteiger partial charge in [-0.1, -0.05) is 25.9 Å². The molecule has 0 aliphatic carbocycles. The Morgan fingerprint density at radius 3 is 2.75 bits per heavy atom. The van der Waals surface area contributed by atoms with Crippen LogP contribution in [0.5, 0.6) is 0 Å². The molecule has 0 spiro atoms. The van der Waals surface area contributed by atoms with Gasteiger partial charge in [-0.3, -0.25) is 0 Å². The van der Waals surface area contributed by atoms with E-state index >= 15 is 0 Å². The standard InChI is InChI=1S/C11H21N3OS/c1-5-12-9(4)8(3)11-13-10(14-15-11)7-16-6-2/h8-9,12H,5-7H2,1-4H3. The maximum Gasteiger partial charge on any atom is 0.231 e. The Labute approximate surface area is 102 Å². The van der Waals surface area contributed by atoms with E-state index in [-0.39, 0.29) is 5.92 Å². The van der Waals surface area contributed by atoms with Gasteiger partial charge in [0.15, 0.2) is 5.82 Å². The highest BCUT2D eigenvalue weighted by Crippen LogP contribution is 2.18. The van der Waals surface area contributed by atoms with E-state index in [0.29, 0.717) is 6.04 Å². The van der Waals surface area contributed by atoms with Gasteiger partial charge in [-0.15, -0.1) is 0 Å². The van der Waals surface area contributed by atoms with Crippen molar-refractivity contribution in [3.05, 3.63) is 11.7 Å². The highest BCUT2D eigenvalue weighted by atomic mass is 32.2. The van der Waals surface area contributed by atoms with E-state index in [4.69, 9.17) is 4.52 Å². The molecule has 0 aliphatic heterocycles. The van der Waals surface area contributed by atoms with Crippen LogP contribution in [0.15, 0.2) is 4.52 Å². The Balaban J connectivity index is 2.55. The first-order valence-electron chi connectivity index (χ1n) is 5.82. The molecule has 1 aromatic rings. The second-order valence-electron chi connectivity index (χ2n) is 3.82. The molecule has 0 saturated carbocycles. The molecule has 0 amide bonds. The fourth-order valence-electron chi connectivity index (χ4n) is 1.42. The van der Waals surface area contributed by atoms with Crippen LogP contribution in [0.3, 0.4) is 0 Å². The summed E-state index contributed by atoms with van der Waals surface area (Å²) >= 11 is 1.80. The Morgan fingerprint density at radius 1 is 1.38 bits per heavy atom. The van der Waals surface area contributed by atoms with Crippen LogP contribution in [-0.2, 0) is 5.75 Å². The van der Waals surface area contributed by atoms with Crippen LogP contribution in [0.25, 0.3) is 0 Å². The lowest BCUT2D eigenvalue weighted by atomic mass is 10.0. The lowest BCUT2D eigenvalue weighted by Crippen LogP contribution is -2.30. The molecule has 0 saturated heterocycles. The molecule has 1 N–H and O–H groups in total. The summed E-state index contributed by atoms with van der Waals surface area (Å²) in [5.74, 6) is 3.71. The van der Waals surface area contributed by atoms with E-state index in [2.05, 4.69) is 43.2 Å². The zero-order valence-electron chi connectivity index (χ0n) is 10.5. The van der Waals surface area contributed by atoms with E-state index < -0.39 is 0 Å². The van der Waals surface area contributed by atoms with Crippen molar-refractivity contribution in [2.45, 2.75) is 45.4 Å². The molecular weight excluding hydrogens is 222 g/mol. The third-order valence-electron chi connectivity index (χ3n) is 2.58. The minimum Gasteiger partial charge on any atom is -0.339 e. The largest absolute Gasteiger partial charge is 0.339 e. The van der Waals surface area contributed by atoms with E-state index in [1.54, 1.807) is 11.8 Å². The van der Waals surface area contributed by atoms with Gasteiger partial charge < -0.3 is 9.84 Å². The molecule has 1 aromatic heterocycles. The molecular formula is C11H21N3OS. The van der Waals surface area contributed by atoms with Crippen LogP contribution in [0.4, 0.5) is 0 Å². The number of hydrogen-bond acceptors (Lipinski definition) is 5. The summed E-state index contributed by atoms with van der Waals surface area (Å²) in [6.45, 7) is 9.43. The Kier molecular flexibility index (Phi) is 5.84. The topological polar surface area (TPSA) is 51.0 Å². The minimum atomic E-state index is 0.257. The number of rotatable bonds is 7. The van der Waals surface area contributed by atoms with Gasteiger partial charge in [-0.25, -0.2) is 0 Å². The molecule has 0 aromatic carbocycles. The molecule has 5 heteroatoms. The van der Waals surface area contributed by atoms with Crippen LogP contribution < -0.4 is 5.32 Å². The van der Waals surface area contributed by atoms with Gasteiger partial charge >= 0.3 is 0 Å². The molecule has 0 bridgehead atoms. The summed E-state index contributed by atoms with van der Waals surface area (Å²) in [5.41, 5.74) is 0. The quantitative estimate of drug-likeness (QED) is 0.797. The minimum absolute atomic E-state index is 0.257. The second-order valence-corrected chi connectivity index (χ2v) is 5.10. The third-order valence-corrected chi connectivity index (χ3v) is 3.46. The first-order chi connectivity index (χ1) is 7.69. The summed E-state index contributed by atoms with van der Waals surface area (Å²) < 4.78 is 5.28. The molecule has 1 heterocycles. The predicted molar refractivity (Wildman–Crippen MR) is 67.7 cm³/mol. The van der Waals surface area contributed by atoms with Crippen molar-refractivity contribution in [2.75, 3.05) is 12.3 Å². The number of nitrogens with one attached hydrogen (secondary N) is 1. The number of aromatic nitrogens is 2. The zero-order valence-corrected chi connectivity index (χ0v) is 11.3. The molecule has 1 rings (SSSR count). The predicted octanol–water partition coefficient (Wildman–Crippen LogP) is 2.42. The number of hydrogen-bond donors (Lipinski definition) is 1. The molecule has 2 unspecified atom stereocenters. The summed E-state index contributed by atoms with van der Waals surface area (Å²) in [5, 5.41) is 7.35. The summed E-state index contributed by atoms with van der Waals surface area (Å²) in [6, 6.07) is 0.358. The van der Waals surface area contributed by atoms with Crippen LogP contribution in [-0.4, -0.2) is 28.5 Å².